The van der Waals surface area contributed by atoms with Gasteiger partial charge in [0.05, 0.1) is 11.0 Å². The van der Waals surface area contributed by atoms with E-state index in [0.717, 1.165) is 51.3 Å². The third-order valence-electron chi connectivity index (χ3n) is 4.59. The maximum atomic E-state index is 11.3. The van der Waals surface area contributed by atoms with Crippen molar-refractivity contribution in [2.24, 2.45) is 0 Å². The predicted molar refractivity (Wildman–Crippen MR) is 97.5 cm³/mol. The van der Waals surface area contributed by atoms with Crippen molar-refractivity contribution >= 4 is 29.5 Å². The van der Waals surface area contributed by atoms with Gasteiger partial charge in [0.25, 0.3) is 5.69 Å². The quantitative estimate of drug-likeness (QED) is 0.645. The van der Waals surface area contributed by atoms with Crippen molar-refractivity contribution in [2.75, 3.05) is 56.6 Å². The number of hydrogen-bond acceptors (Lipinski definition) is 6. The molecule has 1 aromatic rings. The molecule has 0 amide bonds. The van der Waals surface area contributed by atoms with Crippen molar-refractivity contribution in [2.45, 2.75) is 18.9 Å². The Morgan fingerprint density at radius 2 is 2.08 bits per heavy atom. The zero-order valence-corrected chi connectivity index (χ0v) is 14.8. The first kappa shape index (κ1) is 18.8. The number of rotatable bonds is 5. The molecular weight excluding hydrogens is 332 g/mol. The maximum Gasteiger partial charge on any atom is 0.292 e. The van der Waals surface area contributed by atoms with E-state index in [9.17, 15) is 10.1 Å². The molecule has 1 aromatic carbocycles. The monoisotopic (exact) mass is 356 g/mol. The minimum absolute atomic E-state index is 0. The molecule has 0 spiro atoms. The van der Waals surface area contributed by atoms with Crippen molar-refractivity contribution in [3.05, 3.63) is 28.3 Å². The van der Waals surface area contributed by atoms with Crippen LogP contribution in [0.3, 0.4) is 0 Å². The van der Waals surface area contributed by atoms with Crippen molar-refractivity contribution < 1.29 is 9.66 Å². The number of nitro benzene ring substituents is 1. The highest BCUT2D eigenvalue weighted by molar-refractivity contribution is 5.85. The lowest BCUT2D eigenvalue weighted by molar-refractivity contribution is -0.383. The minimum atomic E-state index is -0.328. The highest BCUT2D eigenvalue weighted by atomic mass is 35.5. The Labute approximate surface area is 148 Å². The summed E-state index contributed by atoms with van der Waals surface area (Å²) in [5.74, 6) is 0. The second kappa shape index (κ2) is 8.50. The second-order valence-corrected chi connectivity index (χ2v) is 6.26. The SMILES string of the molecule is CN1CCN(c2ccc([N+](=O)[O-])c(NCC3CCCO3)c2)CC1.Cl. The van der Waals surface area contributed by atoms with Gasteiger partial charge in [-0.15, -0.1) is 12.4 Å². The Hall–Kier alpha value is -1.57. The standard InChI is InChI=1S/C16H24N4O3.ClH/c1-18-6-8-19(9-7-18)13-4-5-16(20(21)22)15(11-13)17-12-14-3-2-10-23-14;/h4-5,11,14,17H,2-3,6-10,12H2,1H3;1H. The first-order valence-electron chi connectivity index (χ1n) is 8.21. The topological polar surface area (TPSA) is 70.9 Å². The molecule has 7 nitrogen and oxygen atoms in total. The third-order valence-corrected chi connectivity index (χ3v) is 4.59. The number of nitrogens with one attached hydrogen (secondary N) is 1. The Morgan fingerprint density at radius 3 is 2.71 bits per heavy atom. The summed E-state index contributed by atoms with van der Waals surface area (Å²) < 4.78 is 5.59. The summed E-state index contributed by atoms with van der Waals surface area (Å²) in [6.07, 6.45) is 2.23. The summed E-state index contributed by atoms with van der Waals surface area (Å²) in [5.41, 5.74) is 1.75. The molecule has 0 aromatic heterocycles. The van der Waals surface area contributed by atoms with E-state index in [2.05, 4.69) is 22.2 Å². The van der Waals surface area contributed by atoms with E-state index >= 15 is 0 Å². The number of likely N-dealkylation sites (N-methyl/N-ethyl adjacent to an activating group) is 1. The molecular formula is C16H25ClN4O3. The number of piperazine rings is 1. The van der Waals surface area contributed by atoms with E-state index in [-0.39, 0.29) is 29.1 Å². The number of nitro groups is 1. The van der Waals surface area contributed by atoms with Gasteiger partial charge >= 0.3 is 0 Å². The van der Waals surface area contributed by atoms with Crippen LogP contribution in [0, 0.1) is 10.1 Å². The van der Waals surface area contributed by atoms with Crippen molar-refractivity contribution in [1.29, 1.82) is 0 Å². The van der Waals surface area contributed by atoms with Crippen LogP contribution in [0.15, 0.2) is 18.2 Å². The summed E-state index contributed by atoms with van der Waals surface area (Å²) >= 11 is 0. The normalized spacial score (nSPS) is 21.4. The zero-order valence-electron chi connectivity index (χ0n) is 13.9. The van der Waals surface area contributed by atoms with Crippen LogP contribution in [0.5, 0.6) is 0 Å². The number of anilines is 2. The molecule has 0 saturated carbocycles. The van der Waals surface area contributed by atoms with Gasteiger partial charge in [0, 0.05) is 51.1 Å². The second-order valence-electron chi connectivity index (χ2n) is 6.26. The van der Waals surface area contributed by atoms with Crippen LogP contribution in [0.4, 0.5) is 17.1 Å². The molecule has 2 aliphatic rings. The number of benzene rings is 1. The van der Waals surface area contributed by atoms with Crippen LogP contribution in [0.2, 0.25) is 0 Å². The maximum absolute atomic E-state index is 11.3. The minimum Gasteiger partial charge on any atom is -0.377 e. The smallest absolute Gasteiger partial charge is 0.292 e. The van der Waals surface area contributed by atoms with E-state index in [1.165, 1.54) is 0 Å². The molecule has 1 unspecified atom stereocenters. The van der Waals surface area contributed by atoms with Gasteiger partial charge in [-0.25, -0.2) is 0 Å². The van der Waals surface area contributed by atoms with Gasteiger partial charge in [0.15, 0.2) is 0 Å². The van der Waals surface area contributed by atoms with E-state index in [4.69, 9.17) is 4.74 Å². The summed E-state index contributed by atoms with van der Waals surface area (Å²) in [7, 11) is 2.11. The molecule has 0 bridgehead atoms. The van der Waals surface area contributed by atoms with Gasteiger partial charge in [-0.3, -0.25) is 10.1 Å². The van der Waals surface area contributed by atoms with Crippen LogP contribution < -0.4 is 10.2 Å². The molecule has 1 atom stereocenters. The van der Waals surface area contributed by atoms with Crippen LogP contribution in [-0.4, -0.2) is 62.3 Å². The molecule has 1 N–H and O–H groups in total. The fourth-order valence-electron chi connectivity index (χ4n) is 3.12. The largest absolute Gasteiger partial charge is 0.377 e. The number of ether oxygens (including phenoxy) is 1. The molecule has 2 saturated heterocycles. The summed E-state index contributed by atoms with van der Waals surface area (Å²) in [6, 6.07) is 5.35. The molecule has 2 heterocycles. The number of hydrogen-bond donors (Lipinski definition) is 1. The first-order valence-corrected chi connectivity index (χ1v) is 8.21. The summed E-state index contributed by atoms with van der Waals surface area (Å²) in [6.45, 7) is 5.31. The summed E-state index contributed by atoms with van der Waals surface area (Å²) in [4.78, 5) is 15.5. The molecule has 2 fully saturated rings. The lowest BCUT2D eigenvalue weighted by Gasteiger charge is -2.34. The van der Waals surface area contributed by atoms with Crippen molar-refractivity contribution in [3.8, 4) is 0 Å². The summed E-state index contributed by atoms with van der Waals surface area (Å²) in [5, 5.41) is 14.5. The van der Waals surface area contributed by atoms with Crippen LogP contribution >= 0.6 is 12.4 Å². The Bertz CT molecular complexity index is 558. The Morgan fingerprint density at radius 1 is 1.33 bits per heavy atom. The van der Waals surface area contributed by atoms with E-state index in [0.29, 0.717) is 12.2 Å². The van der Waals surface area contributed by atoms with Gasteiger partial charge in [0.1, 0.15) is 5.69 Å². The van der Waals surface area contributed by atoms with Crippen molar-refractivity contribution in [3.63, 3.8) is 0 Å². The van der Waals surface area contributed by atoms with E-state index in [1.54, 1.807) is 6.07 Å². The molecule has 0 aliphatic carbocycles. The van der Waals surface area contributed by atoms with Crippen LogP contribution in [0.25, 0.3) is 0 Å². The predicted octanol–water partition coefficient (Wildman–Crippen LogP) is 2.36. The fraction of sp³-hybridized carbons (Fsp3) is 0.625. The van der Waals surface area contributed by atoms with Crippen molar-refractivity contribution in [1.82, 2.24) is 4.90 Å². The number of nitrogens with zero attached hydrogens (tertiary/aromatic N) is 3. The van der Waals surface area contributed by atoms with E-state index < -0.39 is 0 Å². The highest BCUT2D eigenvalue weighted by Crippen LogP contribution is 2.30. The van der Waals surface area contributed by atoms with Crippen LogP contribution in [0.1, 0.15) is 12.8 Å². The fourth-order valence-corrected chi connectivity index (χ4v) is 3.12. The lowest BCUT2D eigenvalue weighted by Crippen LogP contribution is -2.44. The highest BCUT2D eigenvalue weighted by Gasteiger charge is 2.21. The third kappa shape index (κ3) is 4.49. The molecule has 134 valence electrons. The van der Waals surface area contributed by atoms with Gasteiger partial charge in [-0.2, -0.15) is 0 Å². The van der Waals surface area contributed by atoms with Gasteiger partial charge in [0.2, 0.25) is 0 Å². The van der Waals surface area contributed by atoms with E-state index in [1.807, 2.05) is 12.1 Å². The average Bonchev–Trinajstić information content (AvgIpc) is 3.06. The molecule has 0 radical (unpaired) electrons. The van der Waals surface area contributed by atoms with Gasteiger partial charge in [-0.05, 0) is 32.0 Å². The Kier molecular flexibility index (Phi) is 6.65. The molecule has 3 rings (SSSR count). The lowest BCUT2D eigenvalue weighted by atomic mass is 10.2. The molecule has 2 aliphatic heterocycles. The molecule has 8 heteroatoms. The van der Waals surface area contributed by atoms with Crippen LogP contribution in [-0.2, 0) is 4.74 Å². The zero-order chi connectivity index (χ0) is 16.2. The van der Waals surface area contributed by atoms with Gasteiger partial charge in [-0.1, -0.05) is 0 Å². The first-order chi connectivity index (χ1) is 11.1. The van der Waals surface area contributed by atoms with Gasteiger partial charge < -0.3 is 19.9 Å². The Balaban J connectivity index is 0.00000208. The molecule has 24 heavy (non-hydrogen) atoms. The average molecular weight is 357 g/mol. The number of halogens is 1.